The Hall–Kier alpha value is -3.69. The van der Waals surface area contributed by atoms with Crippen molar-refractivity contribution in [3.63, 3.8) is 0 Å². The molecule has 3 aromatic carbocycles. The fourth-order valence-electron chi connectivity index (χ4n) is 4.08. The molecule has 1 aliphatic carbocycles. The fourth-order valence-corrected chi connectivity index (χ4v) is 5.73. The Balaban J connectivity index is 1.58. The van der Waals surface area contributed by atoms with E-state index in [9.17, 15) is 12.8 Å². The van der Waals surface area contributed by atoms with Gasteiger partial charge < -0.3 is 9.47 Å². The lowest BCUT2D eigenvalue weighted by molar-refractivity contribution is 0.380. The molecule has 0 bridgehead atoms. The number of ether oxygens (including phenoxy) is 2. The Labute approximate surface area is 209 Å². The SMILES string of the molecule is COc1ccc(S(=O)(=O)N(Cc2c(-c3ccccc3)nn(C)c2Oc2ccc(F)cc2)C2CC2)cc1. The minimum Gasteiger partial charge on any atom is -0.497 e. The van der Waals surface area contributed by atoms with E-state index >= 15 is 0 Å². The predicted molar refractivity (Wildman–Crippen MR) is 134 cm³/mol. The fraction of sp³-hybridized carbons (Fsp3) is 0.222. The van der Waals surface area contributed by atoms with Crippen molar-refractivity contribution in [2.75, 3.05) is 7.11 Å². The van der Waals surface area contributed by atoms with Crippen LogP contribution in [0.25, 0.3) is 11.3 Å². The summed E-state index contributed by atoms with van der Waals surface area (Å²) in [5, 5.41) is 4.68. The van der Waals surface area contributed by atoms with Crippen LogP contribution in [-0.4, -0.2) is 35.7 Å². The van der Waals surface area contributed by atoms with Gasteiger partial charge >= 0.3 is 0 Å². The zero-order valence-corrected chi connectivity index (χ0v) is 20.8. The molecule has 4 aromatic rings. The number of hydrogen-bond acceptors (Lipinski definition) is 5. The molecule has 7 nitrogen and oxygen atoms in total. The first-order valence-corrected chi connectivity index (χ1v) is 13.0. The summed E-state index contributed by atoms with van der Waals surface area (Å²) in [4.78, 5) is 0.196. The molecule has 0 spiro atoms. The summed E-state index contributed by atoms with van der Waals surface area (Å²) in [5.74, 6) is 1.04. The van der Waals surface area contributed by atoms with E-state index in [0.717, 1.165) is 18.4 Å². The van der Waals surface area contributed by atoms with Crippen molar-refractivity contribution in [2.24, 2.45) is 7.05 Å². The maximum atomic E-state index is 13.8. The van der Waals surface area contributed by atoms with Crippen LogP contribution in [-0.2, 0) is 23.6 Å². The van der Waals surface area contributed by atoms with Gasteiger partial charge in [-0.15, -0.1) is 0 Å². The van der Waals surface area contributed by atoms with Gasteiger partial charge in [-0.05, 0) is 61.4 Å². The first-order valence-electron chi connectivity index (χ1n) is 11.6. The summed E-state index contributed by atoms with van der Waals surface area (Å²) in [6.45, 7) is 0.0770. The maximum Gasteiger partial charge on any atom is 0.243 e. The summed E-state index contributed by atoms with van der Waals surface area (Å²) in [6.07, 6.45) is 1.56. The number of methoxy groups -OCH3 is 1. The predicted octanol–water partition coefficient (Wildman–Crippen LogP) is 5.38. The second-order valence-corrected chi connectivity index (χ2v) is 10.5. The second kappa shape index (κ2) is 9.75. The molecular weight excluding hydrogens is 481 g/mol. The van der Waals surface area contributed by atoms with Crippen LogP contribution in [0.2, 0.25) is 0 Å². The van der Waals surface area contributed by atoms with E-state index in [2.05, 4.69) is 5.10 Å². The molecule has 9 heteroatoms. The van der Waals surface area contributed by atoms with Gasteiger partial charge in [-0.2, -0.15) is 9.40 Å². The smallest absolute Gasteiger partial charge is 0.243 e. The van der Waals surface area contributed by atoms with E-state index in [0.29, 0.717) is 28.6 Å². The molecule has 1 heterocycles. The maximum absolute atomic E-state index is 13.8. The van der Waals surface area contributed by atoms with E-state index in [1.54, 1.807) is 36.0 Å². The van der Waals surface area contributed by atoms with Crippen LogP contribution >= 0.6 is 0 Å². The third-order valence-corrected chi connectivity index (χ3v) is 8.01. The molecule has 1 aromatic heterocycles. The van der Waals surface area contributed by atoms with E-state index < -0.39 is 10.0 Å². The van der Waals surface area contributed by atoms with Crippen LogP contribution in [0.5, 0.6) is 17.4 Å². The van der Waals surface area contributed by atoms with Crippen LogP contribution < -0.4 is 9.47 Å². The number of hydrogen-bond donors (Lipinski definition) is 0. The Morgan fingerprint density at radius 2 is 1.61 bits per heavy atom. The summed E-state index contributed by atoms with van der Waals surface area (Å²) in [7, 11) is -0.528. The lowest BCUT2D eigenvalue weighted by atomic mass is 10.1. The van der Waals surface area contributed by atoms with Crippen molar-refractivity contribution in [1.29, 1.82) is 0 Å². The lowest BCUT2D eigenvalue weighted by Gasteiger charge is -2.23. The van der Waals surface area contributed by atoms with Crippen LogP contribution in [0.15, 0.2) is 83.8 Å². The highest BCUT2D eigenvalue weighted by molar-refractivity contribution is 7.89. The van der Waals surface area contributed by atoms with Gasteiger partial charge in [0, 0.05) is 25.2 Å². The van der Waals surface area contributed by atoms with E-state index in [4.69, 9.17) is 9.47 Å². The number of halogens is 1. The van der Waals surface area contributed by atoms with Gasteiger partial charge in [0.1, 0.15) is 23.0 Å². The van der Waals surface area contributed by atoms with Crippen molar-refractivity contribution < 1.29 is 22.3 Å². The van der Waals surface area contributed by atoms with E-state index in [1.165, 1.54) is 35.7 Å². The molecule has 5 rings (SSSR count). The number of aromatic nitrogens is 2. The van der Waals surface area contributed by atoms with Crippen molar-refractivity contribution in [3.05, 3.63) is 90.2 Å². The zero-order chi connectivity index (χ0) is 25.3. The van der Waals surface area contributed by atoms with Crippen LogP contribution in [0.3, 0.4) is 0 Å². The van der Waals surface area contributed by atoms with Crippen LogP contribution in [0, 0.1) is 5.82 Å². The van der Waals surface area contributed by atoms with Gasteiger partial charge in [0.05, 0.1) is 17.6 Å². The Morgan fingerprint density at radius 3 is 2.22 bits per heavy atom. The monoisotopic (exact) mass is 507 g/mol. The highest BCUT2D eigenvalue weighted by Gasteiger charge is 2.40. The average molecular weight is 508 g/mol. The quantitative estimate of drug-likeness (QED) is 0.304. The summed E-state index contributed by atoms with van der Waals surface area (Å²) >= 11 is 0. The number of benzene rings is 3. The lowest BCUT2D eigenvalue weighted by Crippen LogP contribution is -2.33. The summed E-state index contributed by atoms with van der Waals surface area (Å²) in [6, 6.07) is 21.5. The highest BCUT2D eigenvalue weighted by atomic mass is 32.2. The molecular formula is C27H26FN3O4S. The largest absolute Gasteiger partial charge is 0.497 e. The van der Waals surface area contributed by atoms with Gasteiger partial charge in [0.25, 0.3) is 0 Å². The first kappa shape index (κ1) is 24.0. The number of nitrogens with zero attached hydrogens (tertiary/aromatic N) is 3. The van der Waals surface area contributed by atoms with Crippen molar-refractivity contribution in [2.45, 2.75) is 30.3 Å². The third kappa shape index (κ3) is 4.84. The second-order valence-electron chi connectivity index (χ2n) is 8.63. The molecule has 186 valence electrons. The van der Waals surface area contributed by atoms with E-state index in [1.807, 2.05) is 30.3 Å². The normalized spacial score (nSPS) is 13.7. The van der Waals surface area contributed by atoms with Crippen molar-refractivity contribution in [1.82, 2.24) is 14.1 Å². The Kier molecular flexibility index (Phi) is 6.51. The molecule has 0 amide bonds. The molecule has 1 saturated carbocycles. The van der Waals surface area contributed by atoms with Gasteiger partial charge in [-0.3, -0.25) is 0 Å². The standard InChI is InChI=1S/C27H26FN3O4S/c1-30-27(35-23-12-8-20(28)9-13-23)25(26(29-30)19-6-4-3-5-7-19)18-31(21-10-11-21)36(32,33)24-16-14-22(34-2)15-17-24/h3-9,12-17,21H,10-11,18H2,1-2H3. The topological polar surface area (TPSA) is 73.7 Å². The van der Waals surface area contributed by atoms with Crippen molar-refractivity contribution in [3.8, 4) is 28.6 Å². The highest BCUT2D eigenvalue weighted by Crippen LogP contribution is 2.39. The minimum absolute atomic E-state index is 0.0770. The Morgan fingerprint density at radius 1 is 0.972 bits per heavy atom. The van der Waals surface area contributed by atoms with Crippen LogP contribution in [0.4, 0.5) is 4.39 Å². The number of rotatable bonds is 9. The molecule has 0 saturated heterocycles. The molecule has 0 radical (unpaired) electrons. The van der Waals surface area contributed by atoms with Gasteiger partial charge in [0.15, 0.2) is 0 Å². The molecule has 0 atom stereocenters. The molecule has 0 N–H and O–H groups in total. The van der Waals surface area contributed by atoms with Crippen LogP contribution in [0.1, 0.15) is 18.4 Å². The van der Waals surface area contributed by atoms with E-state index in [-0.39, 0.29) is 23.3 Å². The molecule has 36 heavy (non-hydrogen) atoms. The average Bonchev–Trinajstić information content (AvgIpc) is 3.69. The first-order chi connectivity index (χ1) is 17.4. The molecule has 0 unspecified atom stereocenters. The number of aryl methyl sites for hydroxylation is 1. The minimum atomic E-state index is -3.81. The summed E-state index contributed by atoms with van der Waals surface area (Å²) < 4.78 is 55.4. The third-order valence-electron chi connectivity index (χ3n) is 6.10. The number of sulfonamides is 1. The molecule has 1 fully saturated rings. The molecule has 1 aliphatic rings. The summed E-state index contributed by atoms with van der Waals surface area (Å²) in [5.41, 5.74) is 2.11. The van der Waals surface area contributed by atoms with Gasteiger partial charge in [-0.1, -0.05) is 30.3 Å². The molecule has 0 aliphatic heterocycles. The van der Waals surface area contributed by atoms with Crippen molar-refractivity contribution >= 4 is 10.0 Å². The van der Waals surface area contributed by atoms with Gasteiger partial charge in [-0.25, -0.2) is 17.5 Å². The Bertz CT molecular complexity index is 1450. The zero-order valence-electron chi connectivity index (χ0n) is 20.0. The van der Waals surface area contributed by atoms with Gasteiger partial charge in [0.2, 0.25) is 15.9 Å².